The monoisotopic (exact) mass is 195 g/mol. The number of nitrogens with zero attached hydrogens (tertiary/aromatic N) is 2. The number of hydrogen-bond donors (Lipinski definition) is 1. The van der Waals surface area contributed by atoms with Gasteiger partial charge in [-0.15, -0.1) is 0 Å². The third-order valence-corrected chi connectivity index (χ3v) is 2.12. The van der Waals surface area contributed by atoms with E-state index >= 15 is 0 Å². The van der Waals surface area contributed by atoms with E-state index < -0.39 is 0 Å². The summed E-state index contributed by atoms with van der Waals surface area (Å²) < 4.78 is 5.17. The summed E-state index contributed by atoms with van der Waals surface area (Å²) >= 11 is 0. The molecule has 1 aromatic heterocycles. The fraction of sp³-hybridized carbons (Fsp3) is 0.600. The minimum absolute atomic E-state index is 0.684. The van der Waals surface area contributed by atoms with E-state index in [1.807, 2.05) is 20.9 Å². The van der Waals surface area contributed by atoms with E-state index in [1.165, 1.54) is 0 Å². The van der Waals surface area contributed by atoms with Crippen LogP contribution in [0.3, 0.4) is 0 Å². The predicted molar refractivity (Wildman–Crippen MR) is 55.7 cm³/mol. The van der Waals surface area contributed by atoms with E-state index in [-0.39, 0.29) is 0 Å². The maximum absolute atomic E-state index is 5.17. The van der Waals surface area contributed by atoms with Crippen molar-refractivity contribution in [2.75, 3.05) is 20.7 Å². The zero-order valence-corrected chi connectivity index (χ0v) is 9.22. The second kappa shape index (κ2) is 4.91. The van der Waals surface area contributed by atoms with Gasteiger partial charge in [-0.2, -0.15) is 4.98 Å². The van der Waals surface area contributed by atoms with Gasteiger partial charge in [-0.3, -0.25) is 0 Å². The molecule has 1 aromatic rings. The highest BCUT2D eigenvalue weighted by Gasteiger charge is 2.08. The van der Waals surface area contributed by atoms with Crippen LogP contribution in [0.25, 0.3) is 0 Å². The van der Waals surface area contributed by atoms with Crippen molar-refractivity contribution in [3.05, 3.63) is 17.1 Å². The molecule has 1 heterocycles. The molecule has 0 aliphatic heterocycles. The summed E-state index contributed by atoms with van der Waals surface area (Å²) in [4.78, 5) is 8.59. The molecule has 0 atom stereocenters. The normalized spacial score (nSPS) is 10.3. The lowest BCUT2D eigenvalue weighted by Gasteiger charge is -2.09. The van der Waals surface area contributed by atoms with Gasteiger partial charge in [-0.1, -0.05) is 0 Å². The van der Waals surface area contributed by atoms with Crippen LogP contribution in [0.15, 0.2) is 0 Å². The number of rotatable bonds is 4. The zero-order chi connectivity index (χ0) is 10.6. The van der Waals surface area contributed by atoms with Crippen molar-refractivity contribution in [1.29, 1.82) is 0 Å². The Morgan fingerprint density at radius 2 is 2.00 bits per heavy atom. The summed E-state index contributed by atoms with van der Waals surface area (Å²) in [5.74, 6) is 1.45. The van der Waals surface area contributed by atoms with Crippen molar-refractivity contribution in [2.45, 2.75) is 20.3 Å². The van der Waals surface area contributed by atoms with Crippen molar-refractivity contribution < 1.29 is 4.74 Å². The second-order valence-corrected chi connectivity index (χ2v) is 3.21. The maximum atomic E-state index is 5.17. The minimum Gasteiger partial charge on any atom is -0.481 e. The van der Waals surface area contributed by atoms with Gasteiger partial charge >= 0.3 is 0 Å². The molecule has 4 heteroatoms. The van der Waals surface area contributed by atoms with Gasteiger partial charge in [-0.25, -0.2) is 4.98 Å². The van der Waals surface area contributed by atoms with Gasteiger partial charge < -0.3 is 10.1 Å². The lowest BCUT2D eigenvalue weighted by molar-refractivity contribution is 0.391. The first kappa shape index (κ1) is 10.9. The second-order valence-electron chi connectivity index (χ2n) is 3.21. The predicted octanol–water partition coefficient (Wildman–Crippen LogP) is 0.864. The number of nitrogens with one attached hydrogen (secondary N) is 1. The van der Waals surface area contributed by atoms with Gasteiger partial charge in [0.15, 0.2) is 0 Å². The molecule has 0 fully saturated rings. The molecule has 0 aromatic carbocycles. The van der Waals surface area contributed by atoms with E-state index in [9.17, 15) is 0 Å². The van der Waals surface area contributed by atoms with Crippen LogP contribution >= 0.6 is 0 Å². The van der Waals surface area contributed by atoms with E-state index in [1.54, 1.807) is 7.11 Å². The third kappa shape index (κ3) is 2.42. The molecule has 0 spiro atoms. The largest absolute Gasteiger partial charge is 0.481 e. The number of aromatic nitrogens is 2. The van der Waals surface area contributed by atoms with Crippen LogP contribution < -0.4 is 10.1 Å². The minimum atomic E-state index is 0.684. The van der Waals surface area contributed by atoms with Gasteiger partial charge in [0.05, 0.1) is 12.8 Å². The Balaban J connectivity index is 2.96. The van der Waals surface area contributed by atoms with E-state index in [4.69, 9.17) is 4.74 Å². The standard InChI is InChI=1S/C10H17N3O/c1-7-9(5-6-11-3)12-8(2)13-10(7)14-4/h11H,5-6H2,1-4H3. The van der Waals surface area contributed by atoms with Crippen LogP contribution in [-0.4, -0.2) is 30.7 Å². The highest BCUT2D eigenvalue weighted by Crippen LogP contribution is 2.17. The Hall–Kier alpha value is -1.16. The fourth-order valence-corrected chi connectivity index (χ4v) is 1.34. The lowest BCUT2D eigenvalue weighted by atomic mass is 10.2. The van der Waals surface area contributed by atoms with Gasteiger partial charge in [0.25, 0.3) is 0 Å². The Bertz CT molecular complexity index is 312. The highest BCUT2D eigenvalue weighted by atomic mass is 16.5. The van der Waals surface area contributed by atoms with Crippen LogP contribution in [0.1, 0.15) is 17.1 Å². The van der Waals surface area contributed by atoms with E-state index in [2.05, 4.69) is 15.3 Å². The van der Waals surface area contributed by atoms with Crippen molar-refractivity contribution in [1.82, 2.24) is 15.3 Å². The number of ether oxygens (including phenoxy) is 1. The van der Waals surface area contributed by atoms with Crippen LogP contribution in [0.2, 0.25) is 0 Å². The van der Waals surface area contributed by atoms with Crippen LogP contribution in [0.5, 0.6) is 5.88 Å². The molecule has 1 rings (SSSR count). The smallest absolute Gasteiger partial charge is 0.219 e. The quantitative estimate of drug-likeness (QED) is 0.774. The molecule has 0 unspecified atom stereocenters. The topological polar surface area (TPSA) is 47.0 Å². The van der Waals surface area contributed by atoms with Crippen molar-refractivity contribution in [3.8, 4) is 5.88 Å². The van der Waals surface area contributed by atoms with E-state index in [0.717, 1.165) is 30.0 Å². The van der Waals surface area contributed by atoms with Gasteiger partial charge in [0.1, 0.15) is 5.82 Å². The van der Waals surface area contributed by atoms with Crippen LogP contribution in [-0.2, 0) is 6.42 Å². The summed E-state index contributed by atoms with van der Waals surface area (Å²) in [6.07, 6.45) is 0.905. The lowest BCUT2D eigenvalue weighted by Crippen LogP contribution is -2.13. The third-order valence-electron chi connectivity index (χ3n) is 2.12. The number of hydrogen-bond acceptors (Lipinski definition) is 4. The fourth-order valence-electron chi connectivity index (χ4n) is 1.34. The molecule has 4 nitrogen and oxygen atoms in total. The van der Waals surface area contributed by atoms with Crippen LogP contribution in [0.4, 0.5) is 0 Å². The molecule has 0 saturated heterocycles. The maximum Gasteiger partial charge on any atom is 0.219 e. The Morgan fingerprint density at radius 3 is 2.57 bits per heavy atom. The van der Waals surface area contributed by atoms with Crippen molar-refractivity contribution in [2.24, 2.45) is 0 Å². The van der Waals surface area contributed by atoms with Gasteiger partial charge in [-0.05, 0) is 20.9 Å². The summed E-state index contributed by atoms with van der Waals surface area (Å²) in [5.41, 5.74) is 2.09. The summed E-state index contributed by atoms with van der Waals surface area (Å²) in [5, 5.41) is 3.10. The Morgan fingerprint density at radius 1 is 1.29 bits per heavy atom. The van der Waals surface area contributed by atoms with Gasteiger partial charge in [0.2, 0.25) is 5.88 Å². The molecule has 0 saturated carbocycles. The highest BCUT2D eigenvalue weighted by molar-refractivity contribution is 5.29. The molecule has 0 amide bonds. The molecular formula is C10H17N3O. The summed E-state index contributed by atoms with van der Waals surface area (Å²) in [6.45, 7) is 4.79. The van der Waals surface area contributed by atoms with Gasteiger partial charge in [0, 0.05) is 18.5 Å². The molecule has 14 heavy (non-hydrogen) atoms. The SMILES string of the molecule is CNCCc1nc(C)nc(OC)c1C. The summed E-state index contributed by atoms with van der Waals surface area (Å²) in [6, 6.07) is 0. The molecule has 0 aliphatic carbocycles. The molecule has 1 N–H and O–H groups in total. The first-order chi connectivity index (χ1) is 6.69. The summed E-state index contributed by atoms with van der Waals surface area (Å²) in [7, 11) is 3.57. The van der Waals surface area contributed by atoms with E-state index in [0.29, 0.717) is 5.88 Å². The molecule has 0 bridgehead atoms. The molecule has 0 aliphatic rings. The first-order valence-electron chi connectivity index (χ1n) is 4.71. The Kier molecular flexibility index (Phi) is 3.83. The average Bonchev–Trinajstić information content (AvgIpc) is 2.18. The number of aryl methyl sites for hydroxylation is 1. The molecular weight excluding hydrogens is 178 g/mol. The van der Waals surface area contributed by atoms with Crippen LogP contribution in [0, 0.1) is 13.8 Å². The zero-order valence-electron chi connectivity index (χ0n) is 9.22. The number of methoxy groups -OCH3 is 1. The first-order valence-corrected chi connectivity index (χ1v) is 4.71. The molecule has 78 valence electrons. The number of likely N-dealkylation sites (N-methyl/N-ethyl adjacent to an activating group) is 1. The van der Waals surface area contributed by atoms with Crippen molar-refractivity contribution >= 4 is 0 Å². The average molecular weight is 195 g/mol. The van der Waals surface area contributed by atoms with Crippen molar-refractivity contribution in [3.63, 3.8) is 0 Å². The molecule has 0 radical (unpaired) electrons. The Labute approximate surface area is 84.7 Å².